The number of nitrogens with zero attached hydrogens (tertiary/aromatic N) is 6. The maximum absolute atomic E-state index is 13.5. The molecule has 7 nitrogen and oxygen atoms in total. The fourth-order valence-corrected chi connectivity index (χ4v) is 5.16. The number of benzene rings is 1. The highest BCUT2D eigenvalue weighted by Crippen LogP contribution is 2.37. The van der Waals surface area contributed by atoms with Gasteiger partial charge in [0.05, 0.1) is 11.7 Å². The van der Waals surface area contributed by atoms with Gasteiger partial charge in [-0.15, -0.1) is 0 Å². The van der Waals surface area contributed by atoms with Gasteiger partial charge in [-0.1, -0.05) is 30.7 Å². The van der Waals surface area contributed by atoms with Gasteiger partial charge >= 0.3 is 0 Å². The highest BCUT2D eigenvalue weighted by atomic mass is 35.5. The van der Waals surface area contributed by atoms with E-state index in [0.717, 1.165) is 81.9 Å². The Morgan fingerprint density at radius 3 is 2.59 bits per heavy atom. The second kappa shape index (κ2) is 11.5. The fraction of sp³-hybridized carbons (Fsp3) is 0.577. The van der Waals surface area contributed by atoms with Gasteiger partial charge in [0.1, 0.15) is 0 Å². The van der Waals surface area contributed by atoms with Gasteiger partial charge in [0.2, 0.25) is 11.9 Å². The summed E-state index contributed by atoms with van der Waals surface area (Å²) in [7, 11) is 3.89. The van der Waals surface area contributed by atoms with Crippen molar-refractivity contribution in [2.75, 3.05) is 64.8 Å². The predicted molar refractivity (Wildman–Crippen MR) is 138 cm³/mol. The van der Waals surface area contributed by atoms with E-state index in [1.54, 1.807) is 0 Å². The molecular weight excluding hydrogens is 448 g/mol. The van der Waals surface area contributed by atoms with Crippen LogP contribution in [0.5, 0.6) is 0 Å². The molecular formula is C26H37ClN6O. The minimum Gasteiger partial charge on any atom is -0.347 e. The van der Waals surface area contributed by atoms with E-state index < -0.39 is 0 Å². The number of carbonyl (C=O) groups excluding carboxylic acids is 1. The molecule has 0 aliphatic carbocycles. The van der Waals surface area contributed by atoms with Crippen LogP contribution >= 0.6 is 11.6 Å². The van der Waals surface area contributed by atoms with Gasteiger partial charge in [0.15, 0.2) is 0 Å². The van der Waals surface area contributed by atoms with Crippen molar-refractivity contribution < 1.29 is 4.79 Å². The number of likely N-dealkylation sites (tertiary alicyclic amines) is 1. The molecule has 2 fully saturated rings. The van der Waals surface area contributed by atoms with Crippen LogP contribution in [0.3, 0.4) is 0 Å². The summed E-state index contributed by atoms with van der Waals surface area (Å²) in [6.45, 7) is 9.19. The van der Waals surface area contributed by atoms with Gasteiger partial charge in [0, 0.05) is 76.6 Å². The number of piperazine rings is 1. The number of likely N-dealkylation sites (N-methyl/N-ethyl adjacent to an activating group) is 1. The van der Waals surface area contributed by atoms with Gasteiger partial charge in [-0.3, -0.25) is 4.79 Å². The monoisotopic (exact) mass is 484 g/mol. The Morgan fingerprint density at radius 1 is 1.12 bits per heavy atom. The van der Waals surface area contributed by atoms with Crippen molar-refractivity contribution in [1.82, 2.24) is 24.7 Å². The quantitative estimate of drug-likeness (QED) is 0.593. The summed E-state index contributed by atoms with van der Waals surface area (Å²) >= 11 is 6.31. The van der Waals surface area contributed by atoms with E-state index in [-0.39, 0.29) is 11.9 Å². The molecule has 1 amide bonds. The first-order valence-electron chi connectivity index (χ1n) is 12.5. The van der Waals surface area contributed by atoms with Crippen molar-refractivity contribution in [3.05, 3.63) is 41.2 Å². The van der Waals surface area contributed by atoms with Crippen LogP contribution in [0, 0.1) is 0 Å². The minimum atomic E-state index is -0.0473. The van der Waals surface area contributed by atoms with Crippen molar-refractivity contribution in [3.8, 4) is 11.1 Å². The lowest BCUT2D eigenvalue weighted by Gasteiger charge is -2.38. The summed E-state index contributed by atoms with van der Waals surface area (Å²) in [5.41, 5.74) is 2.86. The summed E-state index contributed by atoms with van der Waals surface area (Å²) in [5, 5.41) is 0.680. The van der Waals surface area contributed by atoms with Crippen LogP contribution in [0.25, 0.3) is 11.1 Å². The zero-order valence-electron chi connectivity index (χ0n) is 20.7. The van der Waals surface area contributed by atoms with E-state index in [1.165, 1.54) is 0 Å². The van der Waals surface area contributed by atoms with Crippen LogP contribution in [0.4, 0.5) is 5.95 Å². The predicted octanol–water partition coefficient (Wildman–Crippen LogP) is 3.94. The van der Waals surface area contributed by atoms with Crippen LogP contribution in [0.2, 0.25) is 5.02 Å². The van der Waals surface area contributed by atoms with Crippen LogP contribution in [-0.4, -0.2) is 90.5 Å². The topological polar surface area (TPSA) is 55.8 Å². The van der Waals surface area contributed by atoms with Gasteiger partial charge in [-0.05, 0) is 43.5 Å². The highest BCUT2D eigenvalue weighted by Gasteiger charge is 2.32. The zero-order valence-corrected chi connectivity index (χ0v) is 21.5. The van der Waals surface area contributed by atoms with E-state index in [9.17, 15) is 4.79 Å². The largest absolute Gasteiger partial charge is 0.347 e. The molecule has 3 heterocycles. The molecule has 2 aromatic rings. The average Bonchev–Trinajstić information content (AvgIpc) is 2.87. The lowest BCUT2D eigenvalue weighted by Crippen LogP contribution is -2.47. The first-order chi connectivity index (χ1) is 16.5. The summed E-state index contributed by atoms with van der Waals surface area (Å²) in [4.78, 5) is 31.9. The molecule has 0 radical (unpaired) electrons. The third-order valence-corrected chi connectivity index (χ3v) is 7.27. The van der Waals surface area contributed by atoms with Crippen molar-refractivity contribution in [1.29, 1.82) is 0 Å². The number of piperidine rings is 1. The molecule has 0 saturated carbocycles. The SMILES string of the molecule is CCN1CCN(CCC(=O)N2CCCCC2c2nc(N(C)C)ncc2-c2cccc(Cl)c2)CC1. The van der Waals surface area contributed by atoms with E-state index >= 15 is 0 Å². The molecule has 1 aromatic carbocycles. The molecule has 2 aliphatic heterocycles. The first kappa shape index (κ1) is 24.9. The molecule has 8 heteroatoms. The lowest BCUT2D eigenvalue weighted by atomic mass is 9.93. The van der Waals surface area contributed by atoms with Gasteiger partial charge in [-0.2, -0.15) is 0 Å². The number of hydrogen-bond donors (Lipinski definition) is 0. The van der Waals surface area contributed by atoms with Gasteiger partial charge < -0.3 is 19.6 Å². The van der Waals surface area contributed by atoms with E-state index in [0.29, 0.717) is 17.4 Å². The number of hydrogen-bond acceptors (Lipinski definition) is 6. The van der Waals surface area contributed by atoms with Crippen LogP contribution < -0.4 is 4.90 Å². The normalized spacial score (nSPS) is 19.9. The Morgan fingerprint density at radius 2 is 1.88 bits per heavy atom. The summed E-state index contributed by atoms with van der Waals surface area (Å²) in [6, 6.07) is 7.76. The molecule has 2 aliphatic rings. The summed E-state index contributed by atoms with van der Waals surface area (Å²) < 4.78 is 0. The molecule has 1 aromatic heterocycles. The van der Waals surface area contributed by atoms with Crippen LogP contribution in [0.1, 0.15) is 44.3 Å². The van der Waals surface area contributed by atoms with Gasteiger partial charge in [-0.25, -0.2) is 9.97 Å². The van der Waals surface area contributed by atoms with E-state index in [4.69, 9.17) is 16.6 Å². The molecule has 0 N–H and O–H groups in total. The molecule has 2 saturated heterocycles. The smallest absolute Gasteiger partial charge is 0.225 e. The number of anilines is 1. The first-order valence-corrected chi connectivity index (χ1v) is 12.9. The van der Waals surface area contributed by atoms with E-state index in [1.807, 2.05) is 49.5 Å². The average molecular weight is 485 g/mol. The Kier molecular flexibility index (Phi) is 8.40. The molecule has 0 spiro atoms. The number of carbonyl (C=O) groups is 1. The Balaban J connectivity index is 1.56. The fourth-order valence-electron chi connectivity index (χ4n) is 4.97. The molecule has 4 rings (SSSR count). The number of halogens is 1. The molecule has 1 unspecified atom stereocenters. The van der Waals surface area contributed by atoms with E-state index in [2.05, 4.69) is 26.6 Å². The summed E-state index contributed by atoms with van der Waals surface area (Å²) in [5.74, 6) is 0.886. The highest BCUT2D eigenvalue weighted by molar-refractivity contribution is 6.30. The third-order valence-electron chi connectivity index (χ3n) is 7.03. The van der Waals surface area contributed by atoms with Crippen molar-refractivity contribution in [2.24, 2.45) is 0 Å². The van der Waals surface area contributed by atoms with Crippen LogP contribution in [-0.2, 0) is 4.79 Å². The second-order valence-corrected chi connectivity index (χ2v) is 9.93. The Labute approximate surface area is 208 Å². The molecule has 184 valence electrons. The molecule has 34 heavy (non-hydrogen) atoms. The number of rotatable bonds is 7. The zero-order chi connectivity index (χ0) is 24.1. The lowest BCUT2D eigenvalue weighted by molar-refractivity contribution is -0.135. The maximum atomic E-state index is 13.5. The number of aromatic nitrogens is 2. The molecule has 0 bridgehead atoms. The number of amides is 1. The van der Waals surface area contributed by atoms with Crippen molar-refractivity contribution in [3.63, 3.8) is 0 Å². The minimum absolute atomic E-state index is 0.0473. The second-order valence-electron chi connectivity index (χ2n) is 9.50. The van der Waals surface area contributed by atoms with Gasteiger partial charge in [0.25, 0.3) is 0 Å². The Bertz CT molecular complexity index is 976. The van der Waals surface area contributed by atoms with Crippen molar-refractivity contribution in [2.45, 2.75) is 38.6 Å². The van der Waals surface area contributed by atoms with Crippen LogP contribution in [0.15, 0.2) is 30.5 Å². The summed E-state index contributed by atoms with van der Waals surface area (Å²) in [6.07, 6.45) is 5.48. The standard InChI is InChI=1S/C26H37ClN6O/c1-4-31-14-16-32(17-15-31)13-11-24(34)33-12-6-5-10-23(33)25-22(19-28-26(29-25)30(2)3)20-8-7-9-21(27)18-20/h7-9,18-19,23H,4-6,10-17H2,1-3H3. The maximum Gasteiger partial charge on any atom is 0.225 e. The van der Waals surface area contributed by atoms with Crippen molar-refractivity contribution >= 4 is 23.5 Å². The Hall–Kier alpha value is -2.22. The molecule has 1 atom stereocenters. The third kappa shape index (κ3) is 5.88.